The fourth-order valence-corrected chi connectivity index (χ4v) is 2.36. The molecule has 140 valence electrons. The summed E-state index contributed by atoms with van der Waals surface area (Å²) in [6.07, 6.45) is -4.16. The molecule has 11 heteroatoms. The first-order chi connectivity index (χ1) is 11.9. The summed E-state index contributed by atoms with van der Waals surface area (Å²) in [5.41, 5.74) is -2.16. The fraction of sp³-hybridized carbons (Fsp3) is 0.133. The summed E-state index contributed by atoms with van der Waals surface area (Å²) in [5.74, 6) is -5.86. The van der Waals surface area contributed by atoms with E-state index in [2.05, 4.69) is 0 Å². The molecule has 1 N–H and O–H groups in total. The van der Waals surface area contributed by atoms with Gasteiger partial charge in [-0.05, 0) is 18.2 Å². The molecule has 2 rings (SSSR count). The number of nitrogens with one attached hydrogen (secondary N) is 1. The number of benzene rings is 2. The Kier molecular flexibility index (Phi) is 5.21. The van der Waals surface area contributed by atoms with E-state index in [0.717, 1.165) is 12.1 Å². The van der Waals surface area contributed by atoms with E-state index >= 15 is 0 Å². The molecule has 0 aliphatic rings. The second-order valence-corrected chi connectivity index (χ2v) is 6.81. The first-order valence-corrected chi connectivity index (χ1v) is 8.63. The maximum atomic E-state index is 14.0. The zero-order valence-corrected chi connectivity index (χ0v) is 13.7. The smallest absolute Gasteiger partial charge is 0.419 e. The van der Waals surface area contributed by atoms with Crippen LogP contribution in [0.25, 0.3) is 0 Å². The number of sulfonamides is 1. The minimum atomic E-state index is -4.79. The van der Waals surface area contributed by atoms with Crippen molar-refractivity contribution in [3.63, 3.8) is 0 Å². The van der Waals surface area contributed by atoms with Crippen molar-refractivity contribution >= 4 is 15.9 Å². The highest BCUT2D eigenvalue weighted by Gasteiger charge is 2.34. The van der Waals surface area contributed by atoms with Gasteiger partial charge in [-0.15, -0.1) is 0 Å². The molecule has 0 unspecified atom stereocenters. The molecule has 0 bridgehead atoms. The molecule has 1 amide bonds. The number of rotatable bonds is 4. The van der Waals surface area contributed by atoms with E-state index in [1.807, 2.05) is 0 Å². The number of carbonyl (C=O) groups is 1. The third kappa shape index (κ3) is 4.69. The molecule has 0 saturated carbocycles. The van der Waals surface area contributed by atoms with Gasteiger partial charge < -0.3 is 4.74 Å². The molecule has 0 spiro atoms. The van der Waals surface area contributed by atoms with Gasteiger partial charge in [0, 0.05) is 6.07 Å². The third-order valence-corrected chi connectivity index (χ3v) is 3.51. The molecular weight excluding hydrogens is 385 g/mol. The maximum Gasteiger partial charge on any atom is 0.419 e. The lowest BCUT2D eigenvalue weighted by molar-refractivity contribution is -0.138. The first-order valence-electron chi connectivity index (χ1n) is 6.74. The van der Waals surface area contributed by atoms with E-state index in [0.29, 0.717) is 24.5 Å². The summed E-state index contributed by atoms with van der Waals surface area (Å²) >= 11 is 0. The second kappa shape index (κ2) is 6.90. The Balaban J connectivity index is 2.40. The molecule has 5 nitrogen and oxygen atoms in total. The summed E-state index contributed by atoms with van der Waals surface area (Å²) in [4.78, 5) is 11.6. The summed E-state index contributed by atoms with van der Waals surface area (Å²) < 4.78 is 94.9. The van der Waals surface area contributed by atoms with Crippen LogP contribution in [0.3, 0.4) is 0 Å². The molecule has 0 aliphatic heterocycles. The van der Waals surface area contributed by atoms with Gasteiger partial charge in [-0.1, -0.05) is 12.1 Å². The lowest BCUT2D eigenvalue weighted by Gasteiger charge is -2.14. The Labute approximate surface area is 144 Å². The standard InChI is InChI=1S/C15H10F5NO4S/c1-26(23,24)21-14(22)8-6-11(17)13(7-10(8)16)25-12-5-3-2-4-9(12)15(18,19)20/h2-7H,1H3,(H,21,22). The van der Waals surface area contributed by atoms with Crippen molar-refractivity contribution in [2.45, 2.75) is 6.18 Å². The Morgan fingerprint density at radius 3 is 2.23 bits per heavy atom. The molecule has 0 radical (unpaired) electrons. The van der Waals surface area contributed by atoms with Crippen molar-refractivity contribution in [1.29, 1.82) is 0 Å². The van der Waals surface area contributed by atoms with E-state index in [9.17, 15) is 35.2 Å². The van der Waals surface area contributed by atoms with Gasteiger partial charge in [-0.25, -0.2) is 21.9 Å². The maximum absolute atomic E-state index is 14.0. The normalized spacial score (nSPS) is 11.9. The number of alkyl halides is 3. The Morgan fingerprint density at radius 2 is 1.65 bits per heavy atom. The van der Waals surface area contributed by atoms with E-state index in [1.54, 1.807) is 0 Å². The largest absolute Gasteiger partial charge is 0.454 e. The van der Waals surface area contributed by atoms with Crippen LogP contribution in [-0.2, 0) is 16.2 Å². The monoisotopic (exact) mass is 395 g/mol. The average molecular weight is 395 g/mol. The van der Waals surface area contributed by atoms with Crippen LogP contribution in [0.15, 0.2) is 36.4 Å². The summed E-state index contributed by atoms with van der Waals surface area (Å²) in [6.45, 7) is 0. The van der Waals surface area contributed by atoms with Crippen LogP contribution in [0.5, 0.6) is 11.5 Å². The van der Waals surface area contributed by atoms with Gasteiger partial charge in [0.1, 0.15) is 11.6 Å². The van der Waals surface area contributed by atoms with Gasteiger partial charge in [0.15, 0.2) is 11.6 Å². The number of amides is 1. The Bertz CT molecular complexity index is 957. The first kappa shape index (κ1) is 19.6. The van der Waals surface area contributed by atoms with E-state index in [1.165, 1.54) is 10.8 Å². The summed E-state index contributed by atoms with van der Waals surface area (Å²) in [6, 6.07) is 4.56. The van der Waals surface area contributed by atoms with Gasteiger partial charge in [0.05, 0.1) is 17.4 Å². The minimum Gasteiger partial charge on any atom is -0.454 e. The molecule has 0 fully saturated rings. The highest BCUT2D eigenvalue weighted by molar-refractivity contribution is 7.89. The van der Waals surface area contributed by atoms with Gasteiger partial charge in [-0.3, -0.25) is 4.79 Å². The predicted molar refractivity (Wildman–Crippen MR) is 80.2 cm³/mol. The molecule has 0 heterocycles. The summed E-state index contributed by atoms with van der Waals surface area (Å²) in [5, 5.41) is 0. The number of hydrogen-bond acceptors (Lipinski definition) is 4. The van der Waals surface area contributed by atoms with E-state index < -0.39 is 56.4 Å². The summed E-state index contributed by atoms with van der Waals surface area (Å²) in [7, 11) is -4.03. The van der Waals surface area contributed by atoms with Gasteiger partial charge in [0.2, 0.25) is 10.0 Å². The van der Waals surface area contributed by atoms with Crippen LogP contribution in [0.2, 0.25) is 0 Å². The number of hydrogen-bond donors (Lipinski definition) is 1. The highest BCUT2D eigenvalue weighted by Crippen LogP contribution is 2.38. The molecule has 0 atom stereocenters. The molecule has 0 aliphatic carbocycles. The van der Waals surface area contributed by atoms with Crippen molar-refractivity contribution in [3.05, 3.63) is 59.2 Å². The minimum absolute atomic E-state index is 0.321. The number of halogens is 5. The van der Waals surface area contributed by atoms with Crippen molar-refractivity contribution in [1.82, 2.24) is 4.72 Å². The molecule has 0 aromatic heterocycles. The third-order valence-electron chi connectivity index (χ3n) is 2.96. The lowest BCUT2D eigenvalue weighted by atomic mass is 10.1. The topological polar surface area (TPSA) is 72.5 Å². The Morgan fingerprint density at radius 1 is 1.04 bits per heavy atom. The van der Waals surface area contributed by atoms with Crippen molar-refractivity contribution in [2.75, 3.05) is 6.26 Å². The van der Waals surface area contributed by atoms with Gasteiger partial charge in [0.25, 0.3) is 5.91 Å². The van der Waals surface area contributed by atoms with Crippen molar-refractivity contribution in [2.24, 2.45) is 0 Å². The van der Waals surface area contributed by atoms with Gasteiger partial charge >= 0.3 is 6.18 Å². The molecular formula is C15H10F5NO4S. The zero-order chi connectivity index (χ0) is 19.7. The SMILES string of the molecule is CS(=O)(=O)NC(=O)c1cc(F)c(Oc2ccccc2C(F)(F)F)cc1F. The molecule has 2 aromatic carbocycles. The number of carbonyl (C=O) groups excluding carboxylic acids is 1. The molecule has 0 saturated heterocycles. The van der Waals surface area contributed by atoms with Crippen LogP contribution in [-0.4, -0.2) is 20.6 Å². The second-order valence-electron chi connectivity index (χ2n) is 5.06. The average Bonchev–Trinajstić information content (AvgIpc) is 2.48. The van der Waals surface area contributed by atoms with Crippen LogP contribution >= 0.6 is 0 Å². The van der Waals surface area contributed by atoms with Crippen molar-refractivity contribution < 1.29 is 39.9 Å². The van der Waals surface area contributed by atoms with Crippen LogP contribution in [0, 0.1) is 11.6 Å². The van der Waals surface area contributed by atoms with Crippen molar-refractivity contribution in [3.8, 4) is 11.5 Å². The number of ether oxygens (including phenoxy) is 1. The van der Waals surface area contributed by atoms with Crippen LogP contribution in [0.1, 0.15) is 15.9 Å². The van der Waals surface area contributed by atoms with Crippen LogP contribution in [0.4, 0.5) is 22.0 Å². The lowest BCUT2D eigenvalue weighted by Crippen LogP contribution is -2.30. The fourth-order valence-electron chi connectivity index (χ4n) is 1.91. The quantitative estimate of drug-likeness (QED) is 0.805. The van der Waals surface area contributed by atoms with Gasteiger partial charge in [-0.2, -0.15) is 13.2 Å². The molecule has 2 aromatic rings. The Hall–Kier alpha value is -2.69. The predicted octanol–water partition coefficient (Wildman–Crippen LogP) is 3.47. The molecule has 26 heavy (non-hydrogen) atoms. The van der Waals surface area contributed by atoms with E-state index in [4.69, 9.17) is 4.74 Å². The van der Waals surface area contributed by atoms with Crippen LogP contribution < -0.4 is 9.46 Å². The number of para-hydroxylation sites is 1. The highest BCUT2D eigenvalue weighted by atomic mass is 32.2. The zero-order valence-electron chi connectivity index (χ0n) is 12.9. The van der Waals surface area contributed by atoms with E-state index in [-0.39, 0.29) is 0 Å².